The molecule has 0 aromatic heterocycles. The number of carbonyl (C=O) groups excluding carboxylic acids is 2. The molecule has 2 aromatic rings. The maximum absolute atomic E-state index is 12.7. The average molecular weight is 355 g/mol. The van der Waals surface area contributed by atoms with E-state index in [4.69, 9.17) is 0 Å². The Kier molecular flexibility index (Phi) is 5.26. The summed E-state index contributed by atoms with van der Waals surface area (Å²) in [5.74, 6) is 0.157. The number of hydrogen-bond donors (Lipinski definition) is 2. The topological polar surface area (TPSA) is 82.1 Å². The first-order valence-corrected chi connectivity index (χ1v) is 8.36. The number of piperazine rings is 1. The summed E-state index contributed by atoms with van der Waals surface area (Å²) in [6.45, 7) is 2.40. The number of amides is 2. The van der Waals surface area contributed by atoms with E-state index in [-0.39, 0.29) is 11.7 Å². The second-order valence-corrected chi connectivity index (χ2v) is 5.97. The molecule has 2 aromatic carbocycles. The van der Waals surface area contributed by atoms with Gasteiger partial charge in [0.1, 0.15) is 5.75 Å². The standard InChI is InChI=1S/C19H21N3O4/c1-26-19(25)20-15-6-4-5-14(13-15)18(24)22-11-9-21(10-12-22)16-7-2-3-8-17(16)23/h2-8,13,23H,9-12H2,1H3,(H,20,25). The second-order valence-electron chi connectivity index (χ2n) is 5.97. The van der Waals surface area contributed by atoms with Crippen molar-refractivity contribution in [2.24, 2.45) is 0 Å². The third-order valence-corrected chi connectivity index (χ3v) is 4.33. The Labute approximate surface area is 151 Å². The fraction of sp³-hybridized carbons (Fsp3) is 0.263. The Balaban J connectivity index is 1.64. The molecule has 2 amide bonds. The smallest absolute Gasteiger partial charge is 0.411 e. The van der Waals surface area contributed by atoms with Crippen LogP contribution in [0.4, 0.5) is 16.2 Å². The quantitative estimate of drug-likeness (QED) is 0.884. The minimum Gasteiger partial charge on any atom is -0.506 e. The summed E-state index contributed by atoms with van der Waals surface area (Å²) in [5.41, 5.74) is 1.80. The molecule has 2 N–H and O–H groups in total. The first kappa shape index (κ1) is 17.6. The van der Waals surface area contributed by atoms with Crippen molar-refractivity contribution in [1.82, 2.24) is 4.90 Å². The van der Waals surface area contributed by atoms with Crippen molar-refractivity contribution < 1.29 is 19.4 Å². The number of benzene rings is 2. The van der Waals surface area contributed by atoms with Crippen LogP contribution in [0.15, 0.2) is 48.5 Å². The van der Waals surface area contributed by atoms with Crippen LogP contribution >= 0.6 is 0 Å². The van der Waals surface area contributed by atoms with Gasteiger partial charge in [-0.25, -0.2) is 4.79 Å². The van der Waals surface area contributed by atoms with Crippen LogP contribution in [0.3, 0.4) is 0 Å². The van der Waals surface area contributed by atoms with E-state index >= 15 is 0 Å². The van der Waals surface area contributed by atoms with Crippen molar-refractivity contribution in [1.29, 1.82) is 0 Å². The third-order valence-electron chi connectivity index (χ3n) is 4.33. The van der Waals surface area contributed by atoms with Crippen molar-refractivity contribution in [2.75, 3.05) is 43.5 Å². The fourth-order valence-electron chi connectivity index (χ4n) is 2.96. The van der Waals surface area contributed by atoms with Gasteiger partial charge in [0, 0.05) is 37.4 Å². The molecule has 1 aliphatic heterocycles. The lowest BCUT2D eigenvalue weighted by Gasteiger charge is -2.36. The predicted molar refractivity (Wildman–Crippen MR) is 98.7 cm³/mol. The first-order valence-electron chi connectivity index (χ1n) is 8.36. The Morgan fingerprint density at radius 1 is 1.04 bits per heavy atom. The molecule has 0 aliphatic carbocycles. The number of nitrogens with one attached hydrogen (secondary N) is 1. The van der Waals surface area contributed by atoms with E-state index in [1.165, 1.54) is 7.11 Å². The maximum Gasteiger partial charge on any atom is 0.411 e. The normalized spacial score (nSPS) is 14.0. The fourth-order valence-corrected chi connectivity index (χ4v) is 2.96. The molecule has 0 saturated carbocycles. The zero-order chi connectivity index (χ0) is 18.5. The Morgan fingerprint density at radius 2 is 1.77 bits per heavy atom. The van der Waals surface area contributed by atoms with Crippen LogP contribution in [0.2, 0.25) is 0 Å². The van der Waals surface area contributed by atoms with Crippen LogP contribution in [0.25, 0.3) is 0 Å². The molecule has 3 rings (SSSR count). The van der Waals surface area contributed by atoms with E-state index in [9.17, 15) is 14.7 Å². The molecule has 0 spiro atoms. The molecule has 136 valence electrons. The monoisotopic (exact) mass is 355 g/mol. The number of nitrogens with zero attached hydrogens (tertiary/aromatic N) is 2. The molecule has 26 heavy (non-hydrogen) atoms. The van der Waals surface area contributed by atoms with Crippen LogP contribution in [0, 0.1) is 0 Å². The summed E-state index contributed by atoms with van der Waals surface area (Å²) < 4.78 is 4.56. The van der Waals surface area contributed by atoms with Gasteiger partial charge in [-0.1, -0.05) is 18.2 Å². The van der Waals surface area contributed by atoms with Crippen LogP contribution in [-0.2, 0) is 4.74 Å². The number of para-hydroxylation sites is 2. The van der Waals surface area contributed by atoms with Crippen molar-refractivity contribution in [3.05, 3.63) is 54.1 Å². The van der Waals surface area contributed by atoms with Gasteiger partial charge < -0.3 is 19.6 Å². The number of phenols is 1. The van der Waals surface area contributed by atoms with E-state index in [2.05, 4.69) is 15.0 Å². The molecule has 0 radical (unpaired) electrons. The van der Waals surface area contributed by atoms with Gasteiger partial charge in [0.05, 0.1) is 12.8 Å². The zero-order valence-electron chi connectivity index (χ0n) is 14.5. The van der Waals surface area contributed by atoms with Gasteiger partial charge >= 0.3 is 6.09 Å². The minimum atomic E-state index is -0.578. The number of rotatable bonds is 3. The van der Waals surface area contributed by atoms with Crippen molar-refractivity contribution in [2.45, 2.75) is 0 Å². The van der Waals surface area contributed by atoms with Gasteiger partial charge in [0.2, 0.25) is 0 Å². The molecule has 1 heterocycles. The minimum absolute atomic E-state index is 0.0875. The highest BCUT2D eigenvalue weighted by Crippen LogP contribution is 2.27. The molecule has 1 saturated heterocycles. The van der Waals surface area contributed by atoms with E-state index in [1.54, 1.807) is 41.3 Å². The van der Waals surface area contributed by atoms with Crippen LogP contribution in [0.1, 0.15) is 10.4 Å². The molecule has 7 nitrogen and oxygen atoms in total. The lowest BCUT2D eigenvalue weighted by Crippen LogP contribution is -2.48. The van der Waals surface area contributed by atoms with Gasteiger partial charge in [-0.15, -0.1) is 0 Å². The van der Waals surface area contributed by atoms with Crippen molar-refractivity contribution in [3.63, 3.8) is 0 Å². The Hall–Kier alpha value is -3.22. The lowest BCUT2D eigenvalue weighted by atomic mass is 10.1. The predicted octanol–water partition coefficient (Wildman–Crippen LogP) is 2.53. The summed E-state index contributed by atoms with van der Waals surface area (Å²) >= 11 is 0. The van der Waals surface area contributed by atoms with Gasteiger partial charge in [-0.05, 0) is 30.3 Å². The van der Waals surface area contributed by atoms with Gasteiger partial charge in [0.15, 0.2) is 0 Å². The molecule has 0 unspecified atom stereocenters. The highest BCUT2D eigenvalue weighted by molar-refractivity contribution is 5.96. The van der Waals surface area contributed by atoms with E-state index in [1.807, 2.05) is 12.1 Å². The highest BCUT2D eigenvalue weighted by Gasteiger charge is 2.23. The van der Waals surface area contributed by atoms with Gasteiger partial charge in [-0.2, -0.15) is 0 Å². The average Bonchev–Trinajstić information content (AvgIpc) is 2.68. The van der Waals surface area contributed by atoms with E-state index in [0.717, 1.165) is 5.69 Å². The number of ether oxygens (including phenoxy) is 1. The summed E-state index contributed by atoms with van der Waals surface area (Å²) in [5, 5.41) is 12.5. The molecule has 1 fully saturated rings. The van der Waals surface area contributed by atoms with Crippen LogP contribution < -0.4 is 10.2 Å². The van der Waals surface area contributed by atoms with Crippen molar-refractivity contribution in [3.8, 4) is 5.75 Å². The number of methoxy groups -OCH3 is 1. The summed E-state index contributed by atoms with van der Waals surface area (Å²) in [6, 6.07) is 14.0. The van der Waals surface area contributed by atoms with Crippen molar-refractivity contribution >= 4 is 23.4 Å². The Bertz CT molecular complexity index is 801. The molecule has 0 bridgehead atoms. The number of anilines is 2. The maximum atomic E-state index is 12.7. The summed E-state index contributed by atoms with van der Waals surface area (Å²) in [7, 11) is 1.29. The molecule has 0 atom stereocenters. The third kappa shape index (κ3) is 3.88. The number of hydrogen-bond acceptors (Lipinski definition) is 5. The van der Waals surface area contributed by atoms with Gasteiger partial charge in [-0.3, -0.25) is 10.1 Å². The largest absolute Gasteiger partial charge is 0.506 e. The SMILES string of the molecule is COC(=O)Nc1cccc(C(=O)N2CCN(c3ccccc3O)CC2)c1. The molecular weight excluding hydrogens is 334 g/mol. The number of aromatic hydroxyl groups is 1. The first-order chi connectivity index (χ1) is 12.6. The van der Waals surface area contributed by atoms with Crippen LogP contribution in [0.5, 0.6) is 5.75 Å². The highest BCUT2D eigenvalue weighted by atomic mass is 16.5. The number of phenolic OH excluding ortho intramolecular Hbond substituents is 1. The van der Waals surface area contributed by atoms with Crippen LogP contribution in [-0.4, -0.2) is 55.3 Å². The van der Waals surface area contributed by atoms with E-state index < -0.39 is 6.09 Å². The molecular formula is C19H21N3O4. The molecule has 7 heteroatoms. The van der Waals surface area contributed by atoms with Gasteiger partial charge in [0.25, 0.3) is 5.91 Å². The summed E-state index contributed by atoms with van der Waals surface area (Å²) in [4.78, 5) is 27.9. The zero-order valence-corrected chi connectivity index (χ0v) is 14.5. The molecule has 1 aliphatic rings. The number of carbonyl (C=O) groups is 2. The summed E-state index contributed by atoms with van der Waals surface area (Å²) in [6.07, 6.45) is -0.578. The Morgan fingerprint density at radius 3 is 2.46 bits per heavy atom. The van der Waals surface area contributed by atoms with E-state index in [0.29, 0.717) is 37.4 Å². The lowest BCUT2D eigenvalue weighted by molar-refractivity contribution is 0.0746. The second kappa shape index (κ2) is 7.77.